The molecule has 2 aromatic carbocycles. The van der Waals surface area contributed by atoms with E-state index in [1.165, 1.54) is 23.8 Å². The van der Waals surface area contributed by atoms with Gasteiger partial charge in [-0.15, -0.1) is 0 Å². The second kappa shape index (κ2) is 6.98. The molecular weight excluding hydrogens is 332 g/mol. The maximum absolute atomic E-state index is 12.3. The number of amides is 1. The lowest BCUT2D eigenvalue weighted by molar-refractivity contribution is -0.385. The normalized spacial score (nSPS) is 16.3. The molecule has 3 rings (SSSR count). The summed E-state index contributed by atoms with van der Waals surface area (Å²) in [5.41, 5.74) is 2.01. The molecule has 0 saturated carbocycles. The Hall–Kier alpha value is -2.44. The van der Waals surface area contributed by atoms with Crippen LogP contribution >= 0.6 is 11.6 Å². The van der Waals surface area contributed by atoms with Crippen LogP contribution in [0.3, 0.4) is 0 Å². The molecule has 0 saturated heterocycles. The highest BCUT2D eigenvalue weighted by molar-refractivity contribution is 6.31. The number of nitrogens with zero attached hydrogens (tertiary/aromatic N) is 1. The Bertz CT molecular complexity index is 794. The summed E-state index contributed by atoms with van der Waals surface area (Å²) in [6.45, 7) is 0.769. The van der Waals surface area contributed by atoms with E-state index in [4.69, 9.17) is 16.3 Å². The van der Waals surface area contributed by atoms with Gasteiger partial charge in [0.15, 0.2) is 0 Å². The highest BCUT2D eigenvalue weighted by Gasteiger charge is 2.23. The summed E-state index contributed by atoms with van der Waals surface area (Å²) < 4.78 is 5.72. The third-order valence-corrected chi connectivity index (χ3v) is 4.17. The van der Waals surface area contributed by atoms with Gasteiger partial charge < -0.3 is 10.1 Å². The lowest BCUT2D eigenvalue weighted by atomic mass is 9.99. The molecule has 1 unspecified atom stereocenters. The molecule has 2 aromatic rings. The summed E-state index contributed by atoms with van der Waals surface area (Å²) in [5, 5.41) is 14.0. The highest BCUT2D eigenvalue weighted by atomic mass is 35.5. The Kier molecular flexibility index (Phi) is 4.78. The van der Waals surface area contributed by atoms with Gasteiger partial charge in [-0.3, -0.25) is 14.9 Å². The average Bonchev–Trinajstić information content (AvgIpc) is 2.59. The topological polar surface area (TPSA) is 81.5 Å². The fourth-order valence-corrected chi connectivity index (χ4v) is 2.86. The lowest BCUT2D eigenvalue weighted by Crippen LogP contribution is -2.37. The van der Waals surface area contributed by atoms with Crippen molar-refractivity contribution in [3.63, 3.8) is 0 Å². The monoisotopic (exact) mass is 346 g/mol. The number of nitro groups is 1. The van der Waals surface area contributed by atoms with Crippen molar-refractivity contribution in [2.75, 3.05) is 6.54 Å². The van der Waals surface area contributed by atoms with Crippen molar-refractivity contribution < 1.29 is 14.5 Å². The second-order valence-electron chi connectivity index (χ2n) is 5.53. The second-order valence-corrected chi connectivity index (χ2v) is 5.97. The molecule has 1 amide bonds. The van der Waals surface area contributed by atoms with E-state index in [2.05, 4.69) is 5.32 Å². The van der Waals surface area contributed by atoms with Gasteiger partial charge in [-0.25, -0.2) is 0 Å². The van der Waals surface area contributed by atoms with Crippen LogP contribution in [0.2, 0.25) is 5.02 Å². The van der Waals surface area contributed by atoms with Gasteiger partial charge in [0.1, 0.15) is 5.56 Å². The number of carbonyl (C=O) groups is 1. The summed E-state index contributed by atoms with van der Waals surface area (Å²) >= 11 is 5.84. The van der Waals surface area contributed by atoms with E-state index >= 15 is 0 Å². The quantitative estimate of drug-likeness (QED) is 0.681. The Morgan fingerprint density at radius 2 is 2.04 bits per heavy atom. The molecule has 7 heteroatoms. The van der Waals surface area contributed by atoms with E-state index in [1.807, 2.05) is 24.3 Å². The largest absolute Gasteiger partial charge is 0.371 e. The van der Waals surface area contributed by atoms with Crippen molar-refractivity contribution in [1.82, 2.24) is 5.32 Å². The third-order valence-electron chi connectivity index (χ3n) is 3.93. The number of carbonyl (C=O) groups excluding carboxylic acids is 1. The number of rotatable bonds is 4. The lowest BCUT2D eigenvalue weighted by Gasteiger charge is -2.25. The van der Waals surface area contributed by atoms with E-state index in [0.717, 1.165) is 5.56 Å². The van der Waals surface area contributed by atoms with Gasteiger partial charge in [-0.2, -0.15) is 0 Å². The van der Waals surface area contributed by atoms with Crippen molar-refractivity contribution in [2.24, 2.45) is 0 Å². The summed E-state index contributed by atoms with van der Waals surface area (Å²) in [7, 11) is 0. The van der Waals surface area contributed by atoms with Crippen molar-refractivity contribution in [1.29, 1.82) is 0 Å². The molecule has 0 radical (unpaired) electrons. The Labute approximate surface area is 143 Å². The predicted molar refractivity (Wildman–Crippen MR) is 89.2 cm³/mol. The minimum absolute atomic E-state index is 0.0521. The molecule has 1 N–H and O–H groups in total. The SMILES string of the molecule is O=C(NCC1Cc2ccccc2CO1)c1cc(Cl)ccc1[N+](=O)[O-]. The number of nitro benzene ring substituents is 1. The van der Waals surface area contributed by atoms with Crippen LogP contribution in [0.1, 0.15) is 21.5 Å². The maximum atomic E-state index is 12.3. The molecule has 24 heavy (non-hydrogen) atoms. The molecule has 1 aliphatic heterocycles. The first-order valence-electron chi connectivity index (χ1n) is 7.45. The first-order valence-corrected chi connectivity index (χ1v) is 7.83. The van der Waals surface area contributed by atoms with Crippen molar-refractivity contribution in [3.8, 4) is 0 Å². The number of nitrogens with one attached hydrogen (secondary N) is 1. The Morgan fingerprint density at radius 3 is 2.79 bits per heavy atom. The van der Waals surface area contributed by atoms with Crippen LogP contribution < -0.4 is 5.32 Å². The summed E-state index contributed by atoms with van der Waals surface area (Å²) in [5.74, 6) is -0.536. The van der Waals surface area contributed by atoms with Crippen LogP contribution in [0.4, 0.5) is 5.69 Å². The van der Waals surface area contributed by atoms with E-state index in [0.29, 0.717) is 13.0 Å². The molecule has 6 nitrogen and oxygen atoms in total. The van der Waals surface area contributed by atoms with Gasteiger partial charge in [-0.05, 0) is 23.3 Å². The van der Waals surface area contributed by atoms with Crippen LogP contribution in [0.25, 0.3) is 0 Å². The number of hydrogen-bond acceptors (Lipinski definition) is 4. The zero-order valence-electron chi connectivity index (χ0n) is 12.7. The van der Waals surface area contributed by atoms with Gasteiger partial charge in [0.05, 0.1) is 17.6 Å². The van der Waals surface area contributed by atoms with Gasteiger partial charge >= 0.3 is 0 Å². The summed E-state index contributed by atoms with van der Waals surface area (Å²) in [4.78, 5) is 22.7. The van der Waals surface area contributed by atoms with Crippen LogP contribution in [0, 0.1) is 10.1 Å². The minimum Gasteiger partial charge on any atom is -0.371 e. The molecule has 0 bridgehead atoms. The van der Waals surface area contributed by atoms with Crippen LogP contribution in [0.5, 0.6) is 0 Å². The van der Waals surface area contributed by atoms with Gasteiger partial charge in [0, 0.05) is 24.1 Å². The smallest absolute Gasteiger partial charge is 0.282 e. The van der Waals surface area contributed by atoms with Crippen molar-refractivity contribution in [3.05, 3.63) is 74.3 Å². The number of benzene rings is 2. The van der Waals surface area contributed by atoms with Crippen molar-refractivity contribution >= 4 is 23.2 Å². The molecule has 1 aliphatic rings. The summed E-state index contributed by atoms with van der Waals surface area (Å²) in [6.07, 6.45) is 0.524. The molecule has 1 atom stereocenters. The molecule has 0 aliphatic carbocycles. The third kappa shape index (κ3) is 3.55. The fourth-order valence-electron chi connectivity index (χ4n) is 2.69. The van der Waals surface area contributed by atoms with Gasteiger partial charge in [-0.1, -0.05) is 35.9 Å². The molecular formula is C17H15ClN2O4. The summed E-state index contributed by atoms with van der Waals surface area (Å²) in [6, 6.07) is 11.9. The zero-order valence-corrected chi connectivity index (χ0v) is 13.5. The Morgan fingerprint density at radius 1 is 1.29 bits per heavy atom. The van der Waals surface area contributed by atoms with E-state index in [1.54, 1.807) is 0 Å². The number of fused-ring (bicyclic) bond motifs is 1. The average molecular weight is 347 g/mol. The van der Waals surface area contributed by atoms with E-state index in [9.17, 15) is 14.9 Å². The number of ether oxygens (including phenoxy) is 1. The van der Waals surface area contributed by atoms with E-state index < -0.39 is 10.8 Å². The molecule has 0 aromatic heterocycles. The predicted octanol–water partition coefficient (Wildman–Crippen LogP) is 3.12. The molecule has 0 spiro atoms. The first kappa shape index (κ1) is 16.4. The molecule has 1 heterocycles. The van der Waals surface area contributed by atoms with E-state index in [-0.39, 0.29) is 28.9 Å². The Balaban J connectivity index is 1.67. The first-order chi connectivity index (χ1) is 11.5. The van der Waals surface area contributed by atoms with Gasteiger partial charge in [0.25, 0.3) is 11.6 Å². The van der Waals surface area contributed by atoms with Crippen molar-refractivity contribution in [2.45, 2.75) is 19.1 Å². The highest BCUT2D eigenvalue weighted by Crippen LogP contribution is 2.23. The molecule has 124 valence electrons. The zero-order chi connectivity index (χ0) is 17.1. The minimum atomic E-state index is -0.599. The van der Waals surface area contributed by atoms with Crippen LogP contribution in [-0.4, -0.2) is 23.5 Å². The standard InChI is InChI=1S/C17H15ClN2O4/c18-13-5-6-16(20(22)23)15(8-13)17(21)19-9-14-7-11-3-1-2-4-12(11)10-24-14/h1-6,8,14H,7,9-10H2,(H,19,21). The van der Waals surface area contributed by atoms with Gasteiger partial charge in [0.2, 0.25) is 0 Å². The van der Waals surface area contributed by atoms with Crippen LogP contribution in [-0.2, 0) is 17.8 Å². The number of halogens is 1. The number of hydrogen-bond donors (Lipinski definition) is 1. The fraction of sp³-hybridized carbons (Fsp3) is 0.235. The molecule has 0 fully saturated rings. The van der Waals surface area contributed by atoms with Crippen LogP contribution in [0.15, 0.2) is 42.5 Å². The maximum Gasteiger partial charge on any atom is 0.282 e.